The van der Waals surface area contributed by atoms with Gasteiger partial charge >= 0.3 is 0 Å². The molecule has 0 atom stereocenters. The largest absolute Gasteiger partial charge is 0.426 e. The molecule has 0 aliphatic carbocycles. The maximum atomic E-state index is 12.8. The molecule has 3 heterocycles. The van der Waals surface area contributed by atoms with Crippen molar-refractivity contribution in [2.45, 2.75) is 32.1 Å². The smallest absolute Gasteiger partial charge is 0.290 e. The summed E-state index contributed by atoms with van der Waals surface area (Å²) in [6, 6.07) is 12.7. The highest BCUT2D eigenvalue weighted by Gasteiger charge is 2.37. The molecular formula is C21H24N2O4. The number of para-hydroxylation sites is 1. The fourth-order valence-corrected chi connectivity index (χ4v) is 3.99. The van der Waals surface area contributed by atoms with Crippen LogP contribution in [-0.2, 0) is 4.79 Å². The van der Waals surface area contributed by atoms with Crippen LogP contribution in [0.5, 0.6) is 11.7 Å². The number of carbonyl (C=O) groups is 2. The van der Waals surface area contributed by atoms with E-state index in [1.807, 2.05) is 35.2 Å². The summed E-state index contributed by atoms with van der Waals surface area (Å²) in [6.07, 6.45) is 4.36. The molecule has 0 bridgehead atoms. The van der Waals surface area contributed by atoms with E-state index in [1.165, 1.54) is 0 Å². The summed E-state index contributed by atoms with van der Waals surface area (Å²) in [5, 5.41) is 2.95. The summed E-state index contributed by atoms with van der Waals surface area (Å²) in [7, 11) is 0. The molecule has 27 heavy (non-hydrogen) atoms. The number of likely N-dealkylation sites (tertiary alicyclic amines) is 1. The zero-order valence-electron chi connectivity index (χ0n) is 15.3. The number of amides is 2. The summed E-state index contributed by atoms with van der Waals surface area (Å²) in [5.74, 6) is 1.32. The molecule has 6 nitrogen and oxygen atoms in total. The molecule has 1 spiro atoms. The van der Waals surface area contributed by atoms with Crippen molar-refractivity contribution in [3.05, 3.63) is 48.2 Å². The normalized spacial score (nSPS) is 19.4. The molecule has 6 heteroatoms. The Labute approximate surface area is 158 Å². The maximum Gasteiger partial charge on any atom is 0.290 e. The number of ether oxygens (including phenoxy) is 1. The minimum Gasteiger partial charge on any atom is -0.426 e. The van der Waals surface area contributed by atoms with Crippen molar-refractivity contribution >= 4 is 11.8 Å². The Bertz CT molecular complexity index is 807. The van der Waals surface area contributed by atoms with E-state index in [-0.39, 0.29) is 17.2 Å². The van der Waals surface area contributed by atoms with Crippen LogP contribution in [0.4, 0.5) is 0 Å². The monoisotopic (exact) mass is 368 g/mol. The minimum atomic E-state index is -0.101. The molecule has 2 aliphatic heterocycles. The van der Waals surface area contributed by atoms with Crippen molar-refractivity contribution in [3.8, 4) is 11.7 Å². The number of rotatable bonds is 3. The van der Waals surface area contributed by atoms with Gasteiger partial charge in [-0.05, 0) is 49.3 Å². The third-order valence-electron chi connectivity index (χ3n) is 5.72. The first-order chi connectivity index (χ1) is 13.1. The van der Waals surface area contributed by atoms with Crippen LogP contribution in [0, 0.1) is 5.41 Å². The average Bonchev–Trinajstić information content (AvgIpc) is 3.08. The van der Waals surface area contributed by atoms with Crippen molar-refractivity contribution < 1.29 is 18.7 Å². The average molecular weight is 368 g/mol. The van der Waals surface area contributed by atoms with Crippen LogP contribution in [0.3, 0.4) is 0 Å². The lowest BCUT2D eigenvalue weighted by molar-refractivity contribution is -0.121. The number of furan rings is 1. The van der Waals surface area contributed by atoms with Gasteiger partial charge in [0.05, 0.1) is 0 Å². The van der Waals surface area contributed by atoms with Gasteiger partial charge in [0.1, 0.15) is 5.75 Å². The van der Waals surface area contributed by atoms with Gasteiger partial charge in [0, 0.05) is 32.1 Å². The van der Waals surface area contributed by atoms with Gasteiger partial charge in [-0.15, -0.1) is 0 Å². The van der Waals surface area contributed by atoms with Gasteiger partial charge in [0.25, 0.3) is 11.9 Å². The third-order valence-corrected chi connectivity index (χ3v) is 5.72. The second-order valence-corrected chi connectivity index (χ2v) is 7.43. The third kappa shape index (κ3) is 3.99. The van der Waals surface area contributed by atoms with Gasteiger partial charge in [-0.2, -0.15) is 0 Å². The highest BCUT2D eigenvalue weighted by atomic mass is 16.6. The Morgan fingerprint density at radius 3 is 2.59 bits per heavy atom. The Kier molecular flexibility index (Phi) is 4.88. The highest BCUT2D eigenvalue weighted by molar-refractivity contribution is 5.91. The van der Waals surface area contributed by atoms with E-state index in [0.717, 1.165) is 32.2 Å². The lowest BCUT2D eigenvalue weighted by atomic mass is 9.73. The summed E-state index contributed by atoms with van der Waals surface area (Å²) in [6.45, 7) is 2.14. The second kappa shape index (κ2) is 7.47. The Morgan fingerprint density at radius 2 is 1.81 bits per heavy atom. The van der Waals surface area contributed by atoms with E-state index in [4.69, 9.17) is 9.15 Å². The van der Waals surface area contributed by atoms with E-state index >= 15 is 0 Å². The SMILES string of the molecule is O=C1CCC2(CCN1)CCN(C(=O)c1ccc(Oc3ccccc3)o1)CC2. The van der Waals surface area contributed by atoms with Crippen molar-refractivity contribution in [1.82, 2.24) is 10.2 Å². The molecule has 0 saturated carbocycles. The van der Waals surface area contributed by atoms with E-state index < -0.39 is 0 Å². The van der Waals surface area contributed by atoms with Crippen LogP contribution in [0.2, 0.25) is 0 Å². The summed E-state index contributed by atoms with van der Waals surface area (Å²) in [5.41, 5.74) is 0.181. The van der Waals surface area contributed by atoms with Crippen molar-refractivity contribution in [1.29, 1.82) is 0 Å². The molecular weight excluding hydrogens is 344 g/mol. The Balaban J connectivity index is 1.36. The summed E-state index contributed by atoms with van der Waals surface area (Å²) in [4.78, 5) is 26.2. The van der Waals surface area contributed by atoms with Crippen molar-refractivity contribution in [3.63, 3.8) is 0 Å². The molecule has 1 N–H and O–H groups in total. The van der Waals surface area contributed by atoms with E-state index in [0.29, 0.717) is 37.0 Å². The number of hydrogen-bond acceptors (Lipinski definition) is 4. The molecule has 0 unspecified atom stereocenters. The fraction of sp³-hybridized carbons (Fsp3) is 0.429. The van der Waals surface area contributed by atoms with E-state index in [1.54, 1.807) is 12.1 Å². The standard InChI is InChI=1S/C21H24N2O4/c24-18-8-9-21(10-13-22-18)11-14-23(15-12-21)20(25)17-6-7-19(27-17)26-16-4-2-1-3-5-16/h1-7H,8-15H2,(H,22,24). The molecule has 2 fully saturated rings. The molecule has 1 aromatic carbocycles. The zero-order valence-corrected chi connectivity index (χ0v) is 15.3. The van der Waals surface area contributed by atoms with Crippen LogP contribution in [0.15, 0.2) is 46.9 Å². The van der Waals surface area contributed by atoms with Gasteiger partial charge in [0.15, 0.2) is 5.76 Å². The van der Waals surface area contributed by atoms with Crippen LogP contribution in [0.1, 0.15) is 42.7 Å². The molecule has 2 aromatic rings. The molecule has 142 valence electrons. The molecule has 4 rings (SSSR count). The van der Waals surface area contributed by atoms with Crippen LogP contribution < -0.4 is 10.1 Å². The summed E-state index contributed by atoms with van der Waals surface area (Å²) < 4.78 is 11.2. The van der Waals surface area contributed by atoms with Gasteiger partial charge in [0.2, 0.25) is 5.91 Å². The van der Waals surface area contributed by atoms with E-state index in [9.17, 15) is 9.59 Å². The fourth-order valence-electron chi connectivity index (χ4n) is 3.99. The van der Waals surface area contributed by atoms with Gasteiger partial charge in [-0.3, -0.25) is 9.59 Å². The molecule has 0 radical (unpaired) electrons. The zero-order chi connectivity index (χ0) is 18.7. The molecule has 1 aromatic heterocycles. The molecule has 2 aliphatic rings. The number of nitrogens with zero attached hydrogens (tertiary/aromatic N) is 1. The van der Waals surface area contributed by atoms with Gasteiger partial charge in [-0.1, -0.05) is 18.2 Å². The number of nitrogens with one attached hydrogen (secondary N) is 1. The topological polar surface area (TPSA) is 71.8 Å². The molecule has 2 saturated heterocycles. The van der Waals surface area contributed by atoms with Gasteiger partial charge in [-0.25, -0.2) is 0 Å². The number of carbonyl (C=O) groups excluding carboxylic acids is 2. The second-order valence-electron chi connectivity index (χ2n) is 7.43. The summed E-state index contributed by atoms with van der Waals surface area (Å²) >= 11 is 0. The Hall–Kier alpha value is -2.76. The predicted octanol–water partition coefficient (Wildman–Crippen LogP) is 3.59. The van der Waals surface area contributed by atoms with Crippen molar-refractivity contribution in [2.75, 3.05) is 19.6 Å². The first-order valence-electron chi connectivity index (χ1n) is 9.52. The number of benzene rings is 1. The quantitative estimate of drug-likeness (QED) is 0.899. The number of hydrogen-bond donors (Lipinski definition) is 1. The Morgan fingerprint density at radius 1 is 1.04 bits per heavy atom. The first-order valence-corrected chi connectivity index (χ1v) is 9.52. The lowest BCUT2D eigenvalue weighted by Crippen LogP contribution is -2.43. The first kappa shape index (κ1) is 17.6. The van der Waals surface area contributed by atoms with E-state index in [2.05, 4.69) is 5.32 Å². The minimum absolute atomic E-state index is 0.101. The highest BCUT2D eigenvalue weighted by Crippen LogP contribution is 2.40. The van der Waals surface area contributed by atoms with Crippen LogP contribution in [0.25, 0.3) is 0 Å². The van der Waals surface area contributed by atoms with Crippen molar-refractivity contribution in [2.24, 2.45) is 5.41 Å². The maximum absolute atomic E-state index is 12.8. The van der Waals surface area contributed by atoms with Crippen LogP contribution in [-0.4, -0.2) is 36.3 Å². The van der Waals surface area contributed by atoms with Crippen LogP contribution >= 0.6 is 0 Å². The number of piperidine rings is 1. The van der Waals surface area contributed by atoms with Gasteiger partial charge < -0.3 is 19.4 Å². The predicted molar refractivity (Wildman–Crippen MR) is 99.7 cm³/mol. The molecule has 2 amide bonds. The lowest BCUT2D eigenvalue weighted by Gasteiger charge is -2.41.